The number of nitrogens with one attached hydrogen (secondary N) is 1. The lowest BCUT2D eigenvalue weighted by molar-refractivity contribution is 0.0601. The van der Waals surface area contributed by atoms with Crippen LogP contribution in [0.2, 0.25) is 5.02 Å². The van der Waals surface area contributed by atoms with Gasteiger partial charge in [-0.1, -0.05) is 23.7 Å². The lowest BCUT2D eigenvalue weighted by Gasteiger charge is -2.26. The number of aromatic amines is 1. The third kappa shape index (κ3) is 4.11. The second kappa shape index (κ2) is 8.61. The first-order valence-corrected chi connectivity index (χ1v) is 10.5. The molecule has 1 amide bonds. The quantitative estimate of drug-likeness (QED) is 0.469. The summed E-state index contributed by atoms with van der Waals surface area (Å²) < 4.78 is 5.63. The van der Waals surface area contributed by atoms with Crippen LogP contribution in [0.1, 0.15) is 47.9 Å². The first-order valence-electron chi connectivity index (χ1n) is 10.2. The van der Waals surface area contributed by atoms with Crippen molar-refractivity contribution in [3.63, 3.8) is 0 Å². The normalized spacial score (nSPS) is 15.7. The number of benzene rings is 2. The van der Waals surface area contributed by atoms with Crippen LogP contribution in [0.25, 0.3) is 11.3 Å². The molecule has 31 heavy (non-hydrogen) atoms. The zero-order chi connectivity index (χ0) is 22.1. The van der Waals surface area contributed by atoms with E-state index >= 15 is 0 Å². The first kappa shape index (κ1) is 21.2. The van der Waals surface area contributed by atoms with Crippen molar-refractivity contribution in [1.29, 1.82) is 0 Å². The smallest absolute Gasteiger partial charge is 0.273 e. The fraction of sp³-hybridized carbons (Fsp3) is 0.304. The largest absolute Gasteiger partial charge is 0.508 e. The third-order valence-corrected chi connectivity index (χ3v) is 5.49. The molecule has 8 heteroatoms. The highest BCUT2D eigenvalue weighted by molar-refractivity contribution is 6.31. The molecule has 1 aliphatic heterocycles. The minimum atomic E-state index is -0.471. The molecule has 2 heterocycles. The van der Waals surface area contributed by atoms with E-state index in [1.165, 1.54) is 6.07 Å². The Morgan fingerprint density at radius 2 is 2.03 bits per heavy atom. The van der Waals surface area contributed by atoms with Crippen LogP contribution in [0.3, 0.4) is 0 Å². The molecule has 0 spiro atoms. The van der Waals surface area contributed by atoms with Crippen molar-refractivity contribution in [3.8, 4) is 22.8 Å². The Morgan fingerprint density at radius 1 is 1.23 bits per heavy atom. The average Bonchev–Trinajstić information content (AvgIpc) is 3.26. The fourth-order valence-corrected chi connectivity index (χ4v) is 4.10. The molecule has 3 N–H and O–H groups in total. The molecule has 0 bridgehead atoms. The molecule has 162 valence electrons. The molecule has 0 saturated heterocycles. The molecule has 0 radical (unpaired) electrons. The number of amides is 1. The van der Waals surface area contributed by atoms with E-state index in [1.807, 2.05) is 19.9 Å². The summed E-state index contributed by atoms with van der Waals surface area (Å²) in [5.74, 6) is -0.0603. The van der Waals surface area contributed by atoms with Crippen molar-refractivity contribution < 1.29 is 19.7 Å². The molecule has 1 unspecified atom stereocenters. The van der Waals surface area contributed by atoms with Gasteiger partial charge in [0.2, 0.25) is 0 Å². The van der Waals surface area contributed by atoms with Crippen LogP contribution >= 0.6 is 11.6 Å². The molecular weight excluding hydrogens is 418 g/mol. The van der Waals surface area contributed by atoms with Gasteiger partial charge in [-0.05, 0) is 56.2 Å². The summed E-state index contributed by atoms with van der Waals surface area (Å²) in [6.07, 6.45) is 0.778. The number of carbonyl (C=O) groups is 1. The summed E-state index contributed by atoms with van der Waals surface area (Å²) in [5.41, 5.74) is 2.66. The van der Waals surface area contributed by atoms with E-state index < -0.39 is 6.04 Å². The van der Waals surface area contributed by atoms with E-state index in [4.69, 9.17) is 16.3 Å². The number of halogens is 1. The highest BCUT2D eigenvalue weighted by Crippen LogP contribution is 2.45. The summed E-state index contributed by atoms with van der Waals surface area (Å²) in [6, 6.07) is 11.1. The van der Waals surface area contributed by atoms with E-state index in [0.29, 0.717) is 47.1 Å². The second-order valence-electron chi connectivity index (χ2n) is 7.79. The third-order valence-electron chi connectivity index (χ3n) is 5.26. The number of hydrogen-bond acceptors (Lipinski definition) is 5. The Bertz CT molecular complexity index is 1110. The molecule has 2 aromatic carbocycles. The van der Waals surface area contributed by atoms with Crippen molar-refractivity contribution in [2.75, 3.05) is 13.2 Å². The van der Waals surface area contributed by atoms with Crippen LogP contribution in [-0.4, -0.2) is 50.5 Å². The van der Waals surface area contributed by atoms with Gasteiger partial charge in [-0.25, -0.2) is 0 Å². The minimum absolute atomic E-state index is 0.0181. The van der Waals surface area contributed by atoms with Gasteiger partial charge in [0, 0.05) is 29.3 Å². The number of rotatable bonds is 7. The second-order valence-corrected chi connectivity index (χ2v) is 8.23. The zero-order valence-corrected chi connectivity index (χ0v) is 18.1. The number of aromatic hydroxyl groups is 2. The van der Waals surface area contributed by atoms with Crippen molar-refractivity contribution in [2.45, 2.75) is 32.4 Å². The number of aromatic nitrogens is 2. The monoisotopic (exact) mass is 441 g/mol. The van der Waals surface area contributed by atoms with Crippen LogP contribution in [-0.2, 0) is 4.74 Å². The Kier molecular flexibility index (Phi) is 5.89. The maximum atomic E-state index is 13.3. The number of fused-ring (bicyclic) bond motifs is 1. The average molecular weight is 442 g/mol. The predicted molar refractivity (Wildman–Crippen MR) is 117 cm³/mol. The molecule has 1 aliphatic rings. The predicted octanol–water partition coefficient (Wildman–Crippen LogP) is 4.50. The van der Waals surface area contributed by atoms with Crippen LogP contribution in [0.15, 0.2) is 42.5 Å². The molecule has 7 nitrogen and oxygen atoms in total. The number of hydrogen-bond donors (Lipinski definition) is 3. The van der Waals surface area contributed by atoms with Gasteiger partial charge in [0.1, 0.15) is 22.9 Å². The number of H-pyrrole nitrogens is 1. The molecule has 0 fully saturated rings. The number of carbonyl (C=O) groups excluding carboxylic acids is 1. The summed E-state index contributed by atoms with van der Waals surface area (Å²) in [6.45, 7) is 4.94. The summed E-state index contributed by atoms with van der Waals surface area (Å²) in [7, 11) is 0. The van der Waals surface area contributed by atoms with Crippen molar-refractivity contribution >= 4 is 17.5 Å². The van der Waals surface area contributed by atoms with E-state index in [0.717, 1.165) is 5.56 Å². The van der Waals surface area contributed by atoms with Crippen LogP contribution in [0, 0.1) is 0 Å². The molecule has 3 aromatic rings. The highest BCUT2D eigenvalue weighted by atomic mass is 35.5. The lowest BCUT2D eigenvalue weighted by Crippen LogP contribution is -2.31. The van der Waals surface area contributed by atoms with Crippen LogP contribution < -0.4 is 0 Å². The number of phenolic OH excluding ortho intramolecular Hbond substituents is 2. The molecule has 1 aromatic heterocycles. The van der Waals surface area contributed by atoms with Crippen molar-refractivity contribution in [2.24, 2.45) is 0 Å². The van der Waals surface area contributed by atoms with E-state index in [2.05, 4.69) is 10.2 Å². The number of phenols is 2. The van der Waals surface area contributed by atoms with Gasteiger partial charge in [-0.3, -0.25) is 9.89 Å². The topological polar surface area (TPSA) is 98.7 Å². The maximum Gasteiger partial charge on any atom is 0.273 e. The minimum Gasteiger partial charge on any atom is -0.508 e. The van der Waals surface area contributed by atoms with Gasteiger partial charge >= 0.3 is 0 Å². The zero-order valence-electron chi connectivity index (χ0n) is 17.3. The van der Waals surface area contributed by atoms with Crippen LogP contribution in [0.4, 0.5) is 0 Å². The Balaban J connectivity index is 1.78. The Morgan fingerprint density at radius 3 is 2.77 bits per heavy atom. The van der Waals surface area contributed by atoms with Crippen molar-refractivity contribution in [3.05, 3.63) is 64.3 Å². The SMILES string of the molecule is CC(C)OCCCN1C(=O)c2[nH]nc(-c3cc(Cl)ccc3O)c2C1c1cccc(O)c1. The summed E-state index contributed by atoms with van der Waals surface area (Å²) in [5, 5.41) is 28.1. The molecule has 1 atom stereocenters. The summed E-state index contributed by atoms with van der Waals surface area (Å²) in [4.78, 5) is 15.0. The summed E-state index contributed by atoms with van der Waals surface area (Å²) >= 11 is 6.15. The van der Waals surface area contributed by atoms with E-state index in [9.17, 15) is 15.0 Å². The first-order chi connectivity index (χ1) is 14.9. The molecular formula is C23H24ClN3O4. The standard InChI is InChI=1S/C23H24ClN3O4/c1-13(2)31-10-4-9-27-22(14-5-3-6-16(28)11-14)19-20(25-26-21(19)23(27)30)17-12-15(24)7-8-18(17)29/h3,5-8,11-13,22,28-29H,4,9-10H2,1-2H3,(H,25,26). The molecule has 0 aliphatic carbocycles. The van der Waals surface area contributed by atoms with E-state index in [1.54, 1.807) is 35.2 Å². The Labute approximate surface area is 185 Å². The van der Waals surface area contributed by atoms with Crippen molar-refractivity contribution in [1.82, 2.24) is 15.1 Å². The number of ether oxygens (including phenoxy) is 1. The fourth-order valence-electron chi connectivity index (χ4n) is 3.93. The highest BCUT2D eigenvalue weighted by Gasteiger charge is 2.42. The lowest BCUT2D eigenvalue weighted by atomic mass is 9.95. The maximum absolute atomic E-state index is 13.3. The molecule has 0 saturated carbocycles. The number of nitrogens with zero attached hydrogens (tertiary/aromatic N) is 2. The van der Waals surface area contributed by atoms with Gasteiger partial charge in [0.25, 0.3) is 5.91 Å². The van der Waals surface area contributed by atoms with Gasteiger partial charge in [0.05, 0.1) is 12.1 Å². The van der Waals surface area contributed by atoms with Gasteiger partial charge in [-0.2, -0.15) is 5.10 Å². The van der Waals surface area contributed by atoms with Gasteiger partial charge < -0.3 is 19.8 Å². The van der Waals surface area contributed by atoms with Gasteiger partial charge in [0.15, 0.2) is 0 Å². The molecule has 4 rings (SSSR count). The van der Waals surface area contributed by atoms with E-state index in [-0.39, 0.29) is 23.5 Å². The van der Waals surface area contributed by atoms with Gasteiger partial charge in [-0.15, -0.1) is 0 Å². The Hall–Kier alpha value is -3.03. The van der Waals surface area contributed by atoms with Crippen LogP contribution in [0.5, 0.6) is 11.5 Å².